The molecule has 4 N–H and O–H groups in total. The molecule has 0 unspecified atom stereocenters. The van der Waals surface area contributed by atoms with Crippen molar-refractivity contribution < 1.29 is 19.4 Å². The third-order valence-corrected chi connectivity index (χ3v) is 5.02. The van der Waals surface area contributed by atoms with Gasteiger partial charge in [0.1, 0.15) is 6.17 Å². The number of carbonyl (C=O) groups excluding carboxylic acids is 1. The molecule has 0 spiro atoms. The lowest BCUT2D eigenvalue weighted by atomic mass is 10.0. The van der Waals surface area contributed by atoms with E-state index in [0.29, 0.717) is 27.6 Å². The lowest BCUT2D eigenvalue weighted by Crippen LogP contribution is -2.42. The summed E-state index contributed by atoms with van der Waals surface area (Å²) >= 11 is 5.96. The monoisotopic (exact) mass is 464 g/mol. The molecule has 172 valence electrons. The fourth-order valence-electron chi connectivity index (χ4n) is 2.85. The van der Waals surface area contributed by atoms with Crippen molar-refractivity contribution in [3.8, 4) is 11.3 Å². The van der Waals surface area contributed by atoms with Crippen LogP contribution < -0.4 is 10.6 Å². The molecule has 0 fully saturated rings. The Morgan fingerprint density at radius 1 is 1.25 bits per heavy atom. The van der Waals surface area contributed by atoms with E-state index in [9.17, 15) is 19.4 Å². The van der Waals surface area contributed by atoms with E-state index in [4.69, 9.17) is 11.6 Å². The number of nitrogens with zero attached hydrogens (tertiary/aromatic N) is 4. The summed E-state index contributed by atoms with van der Waals surface area (Å²) in [7, 11) is 0. The fourth-order valence-corrected chi connectivity index (χ4v) is 2.99. The van der Waals surface area contributed by atoms with Crippen molar-refractivity contribution in [2.45, 2.75) is 45.0 Å². The number of hydrogen-bond donors (Lipinski definition) is 4. The maximum Gasteiger partial charge on any atom is 0.255 e. The molecule has 0 saturated heterocycles. The molecular formula is C21H26ClFN6O3. The van der Waals surface area contributed by atoms with E-state index in [1.165, 1.54) is 30.8 Å². The average molecular weight is 465 g/mol. The first-order valence-electron chi connectivity index (χ1n) is 9.94. The van der Waals surface area contributed by atoms with Gasteiger partial charge in [-0.25, -0.2) is 13.9 Å². The minimum absolute atomic E-state index is 0.158. The summed E-state index contributed by atoms with van der Waals surface area (Å²) in [5, 5.41) is 29.7. The Balaban J connectivity index is 1.98. The molecule has 3 aromatic heterocycles. The lowest BCUT2D eigenvalue weighted by Gasteiger charge is -2.27. The van der Waals surface area contributed by atoms with Gasteiger partial charge in [0.05, 0.1) is 64.2 Å². The van der Waals surface area contributed by atoms with Crippen molar-refractivity contribution in [1.29, 1.82) is 0 Å². The van der Waals surface area contributed by atoms with Crippen LogP contribution in [0.3, 0.4) is 0 Å². The first kappa shape index (κ1) is 23.8. The summed E-state index contributed by atoms with van der Waals surface area (Å²) in [5.74, 6) is -0.572. The zero-order valence-electron chi connectivity index (χ0n) is 18.2. The van der Waals surface area contributed by atoms with Crippen molar-refractivity contribution in [3.63, 3.8) is 0 Å². The summed E-state index contributed by atoms with van der Waals surface area (Å²) < 4.78 is 15.6. The third-order valence-electron chi connectivity index (χ3n) is 4.83. The maximum absolute atomic E-state index is 14.1. The van der Waals surface area contributed by atoms with Crippen molar-refractivity contribution in [1.82, 2.24) is 24.9 Å². The van der Waals surface area contributed by atoms with Crippen LogP contribution >= 0.6 is 11.6 Å². The Hall–Kier alpha value is -2.82. The zero-order chi connectivity index (χ0) is 23.7. The van der Waals surface area contributed by atoms with E-state index >= 15 is 0 Å². The number of aromatic nitrogens is 4. The highest BCUT2D eigenvalue weighted by Crippen LogP contribution is 2.28. The number of carbonyl (C=O) groups is 1. The highest BCUT2D eigenvalue weighted by atomic mass is 35.5. The standard InChI is InChI=1S/C21H26ClFN6O3/c1-20(2,11-30)28-16-5-15(13-8-27-29-10-12(22)6-25-18(13)29)24-7-14(16)19(31)26-9-17(23)21(3,4)32/h5-8,10,17,30,32H,9,11H2,1-4H3,(H,24,28)(H,26,31)/t17-/m1/s1. The Bertz CT molecular complexity index is 1130. The number of anilines is 1. The van der Waals surface area contributed by atoms with Crippen molar-refractivity contribution in [2.75, 3.05) is 18.5 Å². The van der Waals surface area contributed by atoms with Gasteiger partial charge in [-0.2, -0.15) is 5.10 Å². The molecule has 3 aromatic rings. The van der Waals surface area contributed by atoms with Crippen LogP contribution in [0.5, 0.6) is 0 Å². The summed E-state index contributed by atoms with van der Waals surface area (Å²) in [4.78, 5) is 21.4. The number of aliphatic hydroxyl groups is 2. The van der Waals surface area contributed by atoms with Gasteiger partial charge in [-0.3, -0.25) is 9.78 Å². The van der Waals surface area contributed by atoms with Crippen LogP contribution in [-0.2, 0) is 0 Å². The molecule has 3 rings (SSSR count). The van der Waals surface area contributed by atoms with Gasteiger partial charge in [0, 0.05) is 12.4 Å². The van der Waals surface area contributed by atoms with E-state index in [1.807, 2.05) is 0 Å². The number of alkyl halides is 1. The Morgan fingerprint density at radius 2 is 1.97 bits per heavy atom. The van der Waals surface area contributed by atoms with Gasteiger partial charge in [0.2, 0.25) is 0 Å². The molecular weight excluding hydrogens is 439 g/mol. The predicted molar refractivity (Wildman–Crippen MR) is 120 cm³/mol. The molecule has 0 aliphatic rings. The zero-order valence-corrected chi connectivity index (χ0v) is 19.0. The van der Waals surface area contributed by atoms with Gasteiger partial charge in [-0.15, -0.1) is 0 Å². The lowest BCUT2D eigenvalue weighted by molar-refractivity contribution is -0.00177. The van der Waals surface area contributed by atoms with E-state index in [-0.39, 0.29) is 18.7 Å². The van der Waals surface area contributed by atoms with Gasteiger partial charge >= 0.3 is 0 Å². The summed E-state index contributed by atoms with van der Waals surface area (Å²) in [6.07, 6.45) is 4.39. The second-order valence-corrected chi connectivity index (χ2v) is 9.15. The van der Waals surface area contributed by atoms with Gasteiger partial charge in [-0.05, 0) is 33.8 Å². The molecule has 0 aromatic carbocycles. The maximum atomic E-state index is 14.1. The number of nitrogens with one attached hydrogen (secondary N) is 2. The number of halogens is 2. The van der Waals surface area contributed by atoms with Gasteiger partial charge < -0.3 is 20.8 Å². The molecule has 11 heteroatoms. The molecule has 1 atom stereocenters. The summed E-state index contributed by atoms with van der Waals surface area (Å²) in [6.45, 7) is 5.61. The molecule has 1 amide bonds. The van der Waals surface area contributed by atoms with Gasteiger partial charge in [-0.1, -0.05) is 11.6 Å². The number of fused-ring (bicyclic) bond motifs is 1. The molecule has 0 aliphatic heterocycles. The molecule has 0 saturated carbocycles. The molecule has 3 heterocycles. The quantitative estimate of drug-likeness (QED) is 0.403. The molecule has 9 nitrogen and oxygen atoms in total. The van der Waals surface area contributed by atoms with Crippen LogP contribution in [0.1, 0.15) is 38.1 Å². The Labute approximate surface area is 189 Å². The van der Waals surface area contributed by atoms with E-state index in [0.717, 1.165) is 0 Å². The number of rotatable bonds is 8. The topological polar surface area (TPSA) is 125 Å². The van der Waals surface area contributed by atoms with Gasteiger partial charge in [0.25, 0.3) is 5.91 Å². The van der Waals surface area contributed by atoms with Crippen molar-refractivity contribution in [3.05, 3.63) is 41.4 Å². The number of pyridine rings is 1. The molecule has 0 radical (unpaired) electrons. The van der Waals surface area contributed by atoms with Crippen LogP contribution in [0.2, 0.25) is 5.02 Å². The first-order valence-corrected chi connectivity index (χ1v) is 10.3. The minimum atomic E-state index is -1.65. The predicted octanol–water partition coefficient (Wildman–Crippen LogP) is 2.47. The normalized spacial score (nSPS) is 13.2. The fraction of sp³-hybridized carbons (Fsp3) is 0.429. The van der Waals surface area contributed by atoms with Crippen LogP contribution in [0.4, 0.5) is 10.1 Å². The van der Waals surface area contributed by atoms with Crippen LogP contribution in [0.15, 0.2) is 30.9 Å². The van der Waals surface area contributed by atoms with Crippen molar-refractivity contribution in [2.24, 2.45) is 0 Å². The Morgan fingerprint density at radius 3 is 2.62 bits per heavy atom. The molecule has 0 aliphatic carbocycles. The summed E-state index contributed by atoms with van der Waals surface area (Å²) in [5.41, 5.74) is -0.168. The van der Waals surface area contributed by atoms with E-state index in [1.54, 1.807) is 32.3 Å². The number of aliphatic hydroxyl groups excluding tert-OH is 1. The average Bonchev–Trinajstić information content (AvgIpc) is 3.13. The number of amides is 1. The number of hydrogen-bond acceptors (Lipinski definition) is 7. The molecule has 32 heavy (non-hydrogen) atoms. The van der Waals surface area contributed by atoms with Crippen LogP contribution in [-0.4, -0.2) is 66.2 Å². The SMILES string of the molecule is CC(C)(CO)Nc1cc(-c2cnn3cc(Cl)cnc23)ncc1C(=O)NC[C@@H](F)C(C)(C)O. The first-order chi connectivity index (χ1) is 14.9. The van der Waals surface area contributed by atoms with Crippen LogP contribution in [0.25, 0.3) is 16.9 Å². The second kappa shape index (κ2) is 8.97. The Kier molecular flexibility index (Phi) is 6.68. The smallest absolute Gasteiger partial charge is 0.255 e. The van der Waals surface area contributed by atoms with Crippen molar-refractivity contribution >= 4 is 28.8 Å². The summed E-state index contributed by atoms with van der Waals surface area (Å²) in [6, 6.07) is 1.64. The van der Waals surface area contributed by atoms with E-state index < -0.39 is 23.2 Å². The highest BCUT2D eigenvalue weighted by molar-refractivity contribution is 6.30. The second-order valence-electron chi connectivity index (χ2n) is 8.71. The van der Waals surface area contributed by atoms with Gasteiger partial charge in [0.15, 0.2) is 5.65 Å². The largest absolute Gasteiger partial charge is 0.394 e. The molecule has 0 bridgehead atoms. The third kappa shape index (κ3) is 5.32. The van der Waals surface area contributed by atoms with E-state index in [2.05, 4.69) is 25.7 Å². The minimum Gasteiger partial charge on any atom is -0.394 e. The van der Waals surface area contributed by atoms with Crippen LogP contribution in [0, 0.1) is 0 Å². The highest BCUT2D eigenvalue weighted by Gasteiger charge is 2.28.